The third-order valence-corrected chi connectivity index (χ3v) is 4.48. The van der Waals surface area contributed by atoms with Crippen molar-refractivity contribution in [2.24, 2.45) is 0 Å². The fourth-order valence-electron chi connectivity index (χ4n) is 2.89. The lowest BCUT2D eigenvalue weighted by atomic mass is 10.0. The van der Waals surface area contributed by atoms with E-state index in [0.717, 1.165) is 44.1 Å². The molecule has 4 nitrogen and oxygen atoms in total. The Bertz CT molecular complexity index is 680. The molecule has 0 N–H and O–H groups in total. The first-order valence-electron chi connectivity index (χ1n) is 10.1. The molecule has 0 fully saturated rings. The van der Waals surface area contributed by atoms with Crippen molar-refractivity contribution in [1.29, 1.82) is 0 Å². The van der Waals surface area contributed by atoms with Gasteiger partial charge in [0, 0.05) is 12.3 Å². The normalized spacial score (nSPS) is 11.8. The molecule has 1 heterocycles. The van der Waals surface area contributed by atoms with Crippen molar-refractivity contribution in [1.82, 2.24) is 4.98 Å². The van der Waals surface area contributed by atoms with Gasteiger partial charge in [-0.25, -0.2) is 9.78 Å². The van der Waals surface area contributed by atoms with E-state index in [9.17, 15) is 4.79 Å². The van der Waals surface area contributed by atoms with E-state index in [0.29, 0.717) is 18.1 Å². The minimum atomic E-state index is -0.357. The van der Waals surface area contributed by atoms with Crippen molar-refractivity contribution in [2.75, 3.05) is 6.61 Å². The molecule has 1 unspecified atom stereocenters. The minimum absolute atomic E-state index is 0.252. The predicted octanol–water partition coefficient (Wildman–Crippen LogP) is 5.91. The van der Waals surface area contributed by atoms with Gasteiger partial charge >= 0.3 is 5.97 Å². The van der Waals surface area contributed by atoms with Gasteiger partial charge in [0.25, 0.3) is 0 Å². The molecule has 146 valence electrons. The summed E-state index contributed by atoms with van der Waals surface area (Å²) in [6, 6.07) is 11.8. The van der Waals surface area contributed by atoms with Gasteiger partial charge in [-0.3, -0.25) is 0 Å². The zero-order valence-corrected chi connectivity index (χ0v) is 16.7. The molecule has 27 heavy (non-hydrogen) atoms. The Labute approximate surface area is 162 Å². The summed E-state index contributed by atoms with van der Waals surface area (Å²) in [6.45, 7) is 6.99. The Morgan fingerprint density at radius 2 is 1.78 bits per heavy atom. The fourth-order valence-corrected chi connectivity index (χ4v) is 2.89. The number of aromatic nitrogens is 1. The monoisotopic (exact) mass is 369 g/mol. The SMILES string of the molecule is CCCCCOc1ccc(C(=O)OC(CC)c2ccc(CCC)cc2)cn1. The van der Waals surface area contributed by atoms with E-state index < -0.39 is 0 Å². The highest BCUT2D eigenvalue weighted by Crippen LogP contribution is 2.23. The maximum atomic E-state index is 12.5. The number of carbonyl (C=O) groups is 1. The van der Waals surface area contributed by atoms with Crippen LogP contribution >= 0.6 is 0 Å². The first-order valence-corrected chi connectivity index (χ1v) is 10.1. The Balaban J connectivity index is 1.93. The quantitative estimate of drug-likeness (QED) is 0.365. The predicted molar refractivity (Wildman–Crippen MR) is 108 cm³/mol. The molecule has 0 saturated carbocycles. The van der Waals surface area contributed by atoms with Crippen molar-refractivity contribution >= 4 is 5.97 Å². The van der Waals surface area contributed by atoms with Gasteiger partial charge in [-0.1, -0.05) is 64.3 Å². The van der Waals surface area contributed by atoms with Gasteiger partial charge in [0.05, 0.1) is 12.2 Å². The smallest absolute Gasteiger partial charge is 0.340 e. The number of benzene rings is 1. The van der Waals surface area contributed by atoms with Crippen LogP contribution in [0.3, 0.4) is 0 Å². The highest BCUT2D eigenvalue weighted by atomic mass is 16.5. The van der Waals surface area contributed by atoms with Crippen LogP contribution in [-0.2, 0) is 11.2 Å². The lowest BCUT2D eigenvalue weighted by molar-refractivity contribution is 0.0287. The Kier molecular flexibility index (Phi) is 8.82. The summed E-state index contributed by atoms with van der Waals surface area (Å²) in [6.07, 6.45) is 7.49. The van der Waals surface area contributed by atoms with Gasteiger partial charge in [0.15, 0.2) is 0 Å². The second-order valence-electron chi connectivity index (χ2n) is 6.73. The molecular formula is C23H31NO3. The van der Waals surface area contributed by atoms with E-state index in [1.165, 1.54) is 11.8 Å². The summed E-state index contributed by atoms with van der Waals surface area (Å²) in [5.41, 5.74) is 2.77. The van der Waals surface area contributed by atoms with Crippen molar-refractivity contribution in [3.05, 3.63) is 59.3 Å². The van der Waals surface area contributed by atoms with Crippen LogP contribution in [0.2, 0.25) is 0 Å². The van der Waals surface area contributed by atoms with Crippen LogP contribution in [0.25, 0.3) is 0 Å². The number of rotatable bonds is 11. The third kappa shape index (κ3) is 6.70. The Morgan fingerprint density at radius 1 is 1.00 bits per heavy atom. The molecule has 2 aromatic rings. The molecule has 0 aliphatic carbocycles. The molecular weight excluding hydrogens is 338 g/mol. The zero-order valence-electron chi connectivity index (χ0n) is 16.7. The number of pyridine rings is 1. The molecule has 0 aliphatic heterocycles. The van der Waals surface area contributed by atoms with Gasteiger partial charge in [0.1, 0.15) is 6.10 Å². The zero-order chi connectivity index (χ0) is 19.5. The van der Waals surface area contributed by atoms with Crippen LogP contribution in [0.1, 0.15) is 80.5 Å². The lowest BCUT2D eigenvalue weighted by Gasteiger charge is -2.17. The maximum Gasteiger partial charge on any atom is 0.340 e. The van der Waals surface area contributed by atoms with Crippen LogP contribution in [-0.4, -0.2) is 17.6 Å². The minimum Gasteiger partial charge on any atom is -0.478 e. The van der Waals surface area contributed by atoms with E-state index in [4.69, 9.17) is 9.47 Å². The molecule has 0 amide bonds. The van der Waals surface area contributed by atoms with Gasteiger partial charge in [-0.15, -0.1) is 0 Å². The molecule has 1 aromatic carbocycles. The van der Waals surface area contributed by atoms with E-state index in [1.807, 2.05) is 6.92 Å². The maximum absolute atomic E-state index is 12.5. The van der Waals surface area contributed by atoms with Crippen molar-refractivity contribution < 1.29 is 14.3 Å². The average molecular weight is 370 g/mol. The first-order chi connectivity index (χ1) is 13.2. The second kappa shape index (κ2) is 11.4. The Morgan fingerprint density at radius 3 is 2.37 bits per heavy atom. The van der Waals surface area contributed by atoms with Crippen LogP contribution < -0.4 is 4.74 Å². The standard InChI is InChI=1S/C23H31NO3/c1-4-7-8-16-26-22-15-14-20(17-24-22)23(25)27-21(6-3)19-12-10-18(9-5-2)11-13-19/h10-15,17,21H,4-9,16H2,1-3H3. The number of unbranched alkanes of at least 4 members (excludes halogenated alkanes) is 2. The number of nitrogens with zero attached hydrogens (tertiary/aromatic N) is 1. The molecule has 1 aromatic heterocycles. The molecule has 0 aliphatic rings. The van der Waals surface area contributed by atoms with Crippen LogP contribution in [0.15, 0.2) is 42.6 Å². The topological polar surface area (TPSA) is 48.4 Å². The summed E-state index contributed by atoms with van der Waals surface area (Å²) < 4.78 is 11.3. The number of hydrogen-bond donors (Lipinski definition) is 0. The summed E-state index contributed by atoms with van der Waals surface area (Å²) >= 11 is 0. The summed E-state index contributed by atoms with van der Waals surface area (Å²) in [5.74, 6) is 0.186. The number of carbonyl (C=O) groups excluding carboxylic acids is 1. The number of aryl methyl sites for hydroxylation is 1. The van der Waals surface area contributed by atoms with Gasteiger partial charge in [-0.05, 0) is 36.5 Å². The highest BCUT2D eigenvalue weighted by Gasteiger charge is 2.17. The molecule has 0 saturated heterocycles. The van der Waals surface area contributed by atoms with E-state index in [1.54, 1.807) is 12.1 Å². The second-order valence-corrected chi connectivity index (χ2v) is 6.73. The highest BCUT2D eigenvalue weighted by molar-refractivity contribution is 5.89. The van der Waals surface area contributed by atoms with Crippen LogP contribution in [0.5, 0.6) is 5.88 Å². The third-order valence-electron chi connectivity index (χ3n) is 4.48. The van der Waals surface area contributed by atoms with E-state index in [2.05, 4.69) is 43.1 Å². The van der Waals surface area contributed by atoms with Gasteiger partial charge in [-0.2, -0.15) is 0 Å². The summed E-state index contributed by atoms with van der Waals surface area (Å²) in [4.78, 5) is 16.7. The summed E-state index contributed by atoms with van der Waals surface area (Å²) in [7, 11) is 0. The number of ether oxygens (including phenoxy) is 2. The molecule has 0 radical (unpaired) electrons. The van der Waals surface area contributed by atoms with Crippen molar-refractivity contribution in [3.63, 3.8) is 0 Å². The van der Waals surface area contributed by atoms with Gasteiger partial charge < -0.3 is 9.47 Å². The largest absolute Gasteiger partial charge is 0.478 e. The fraction of sp³-hybridized carbons (Fsp3) is 0.478. The van der Waals surface area contributed by atoms with E-state index >= 15 is 0 Å². The van der Waals surface area contributed by atoms with E-state index in [-0.39, 0.29) is 12.1 Å². The molecule has 0 spiro atoms. The molecule has 0 bridgehead atoms. The first kappa shape index (κ1) is 20.9. The van der Waals surface area contributed by atoms with Crippen LogP contribution in [0.4, 0.5) is 0 Å². The molecule has 2 rings (SSSR count). The molecule has 4 heteroatoms. The number of esters is 1. The van der Waals surface area contributed by atoms with Crippen molar-refractivity contribution in [2.45, 2.75) is 65.4 Å². The lowest BCUT2D eigenvalue weighted by Crippen LogP contribution is -2.11. The Hall–Kier alpha value is -2.36. The molecule has 1 atom stereocenters. The average Bonchev–Trinajstić information content (AvgIpc) is 2.70. The van der Waals surface area contributed by atoms with Gasteiger partial charge in [0.2, 0.25) is 5.88 Å². The number of hydrogen-bond acceptors (Lipinski definition) is 4. The summed E-state index contributed by atoms with van der Waals surface area (Å²) in [5, 5.41) is 0. The van der Waals surface area contributed by atoms with Crippen LogP contribution in [0, 0.1) is 0 Å². The van der Waals surface area contributed by atoms with Crippen molar-refractivity contribution in [3.8, 4) is 5.88 Å².